The number of nitro groups is 1. The molecule has 2 aromatic carbocycles. The molecule has 0 aliphatic heterocycles. The van der Waals surface area contributed by atoms with E-state index in [1.54, 1.807) is 58.9 Å². The maximum atomic E-state index is 13.1. The van der Waals surface area contributed by atoms with Crippen molar-refractivity contribution < 1.29 is 38.3 Å². The number of non-ortho nitro benzene ring substituents is 1. The fraction of sp³-hybridized carbons (Fsp3) is 0.448. The average Bonchev–Trinajstić information content (AvgIpc) is 2.92. The number of nitro benzene ring substituents is 1. The third-order valence-corrected chi connectivity index (χ3v) is 5.78. The fourth-order valence-electron chi connectivity index (χ4n) is 3.64. The first-order valence-electron chi connectivity index (χ1n) is 13.7. The Morgan fingerprint density at radius 1 is 0.953 bits per heavy atom. The van der Waals surface area contributed by atoms with Crippen molar-refractivity contribution in [1.29, 1.82) is 0 Å². The van der Waals surface area contributed by atoms with Gasteiger partial charge in [-0.05, 0) is 75.9 Å². The first-order chi connectivity index (χ1) is 20.2. The Balaban J connectivity index is 1.96. The van der Waals surface area contributed by atoms with Crippen molar-refractivity contribution in [2.24, 2.45) is 11.7 Å². The number of amides is 3. The summed E-state index contributed by atoms with van der Waals surface area (Å²) >= 11 is 0. The van der Waals surface area contributed by atoms with E-state index in [-0.39, 0.29) is 30.4 Å². The van der Waals surface area contributed by atoms with Gasteiger partial charge in [-0.2, -0.15) is 0 Å². The summed E-state index contributed by atoms with van der Waals surface area (Å²) in [5.41, 5.74) is 5.77. The Bertz CT molecular complexity index is 1260. The van der Waals surface area contributed by atoms with Gasteiger partial charge in [0.2, 0.25) is 11.8 Å². The highest BCUT2D eigenvalue weighted by molar-refractivity contribution is 5.98. The van der Waals surface area contributed by atoms with Gasteiger partial charge >= 0.3 is 12.2 Å². The molecule has 14 heteroatoms. The number of ether oxygens (including phenoxy) is 3. The molecule has 0 radical (unpaired) electrons. The standard InChI is InChI=1S/C29H39N5O9/c1-18(2)24(33-27(37)43-29(3,4)5)26(36)32-23(7-6-16-30)25(35)31-20-10-8-19(9-11-20)17-41-28(38)42-22-14-12-21(13-15-22)34(39)40/h8-15,18,23-24H,6-7,16-17,30H2,1-5H3,(H,31,35)(H,32,36)(H,33,37)/t23?,24-/m0/s1. The van der Waals surface area contributed by atoms with Crippen LogP contribution in [0.15, 0.2) is 48.5 Å². The van der Waals surface area contributed by atoms with E-state index in [9.17, 15) is 29.3 Å². The highest BCUT2D eigenvalue weighted by Gasteiger charge is 2.30. The van der Waals surface area contributed by atoms with Crippen LogP contribution >= 0.6 is 0 Å². The maximum Gasteiger partial charge on any atom is 0.514 e. The average molecular weight is 602 g/mol. The van der Waals surface area contributed by atoms with Crippen LogP contribution in [0.4, 0.5) is 21.0 Å². The zero-order valence-electron chi connectivity index (χ0n) is 24.9. The molecule has 14 nitrogen and oxygen atoms in total. The molecule has 0 fully saturated rings. The van der Waals surface area contributed by atoms with E-state index in [2.05, 4.69) is 16.0 Å². The quantitative estimate of drug-likeness (QED) is 0.112. The van der Waals surface area contributed by atoms with Crippen molar-refractivity contribution in [2.75, 3.05) is 11.9 Å². The molecule has 43 heavy (non-hydrogen) atoms. The third-order valence-electron chi connectivity index (χ3n) is 5.78. The van der Waals surface area contributed by atoms with Crippen LogP contribution in [0.25, 0.3) is 0 Å². The minimum Gasteiger partial charge on any atom is -0.444 e. The van der Waals surface area contributed by atoms with E-state index in [0.29, 0.717) is 24.2 Å². The van der Waals surface area contributed by atoms with Crippen molar-refractivity contribution in [3.8, 4) is 5.75 Å². The van der Waals surface area contributed by atoms with Gasteiger partial charge in [0.05, 0.1) is 4.92 Å². The van der Waals surface area contributed by atoms with Crippen LogP contribution in [-0.4, -0.2) is 53.2 Å². The first kappa shape index (κ1) is 34.5. The van der Waals surface area contributed by atoms with Gasteiger partial charge in [0.15, 0.2) is 0 Å². The van der Waals surface area contributed by atoms with E-state index in [0.717, 1.165) is 0 Å². The minimum absolute atomic E-state index is 0.0882. The van der Waals surface area contributed by atoms with Gasteiger partial charge in [0, 0.05) is 17.8 Å². The molecule has 2 rings (SSSR count). The van der Waals surface area contributed by atoms with Crippen LogP contribution in [0, 0.1) is 16.0 Å². The lowest BCUT2D eigenvalue weighted by molar-refractivity contribution is -0.384. The zero-order valence-corrected chi connectivity index (χ0v) is 24.9. The van der Waals surface area contributed by atoms with Crippen LogP contribution in [-0.2, 0) is 25.7 Å². The number of nitrogens with two attached hydrogens (primary N) is 1. The second-order valence-corrected chi connectivity index (χ2v) is 10.9. The molecule has 1 unspecified atom stereocenters. The Hall–Kier alpha value is -4.72. The Kier molecular flexibility index (Phi) is 12.9. The van der Waals surface area contributed by atoms with Gasteiger partial charge in [-0.3, -0.25) is 19.7 Å². The lowest BCUT2D eigenvalue weighted by Crippen LogP contribution is -2.55. The van der Waals surface area contributed by atoms with E-state index in [4.69, 9.17) is 19.9 Å². The summed E-state index contributed by atoms with van der Waals surface area (Å²) in [6.45, 7) is 8.84. The molecule has 3 amide bonds. The summed E-state index contributed by atoms with van der Waals surface area (Å²) < 4.78 is 15.3. The maximum absolute atomic E-state index is 13.1. The fourth-order valence-corrected chi connectivity index (χ4v) is 3.64. The van der Waals surface area contributed by atoms with Crippen molar-refractivity contribution in [3.63, 3.8) is 0 Å². The molecular weight excluding hydrogens is 562 g/mol. The number of hydrogen-bond acceptors (Lipinski definition) is 10. The highest BCUT2D eigenvalue weighted by atomic mass is 16.7. The molecule has 0 heterocycles. The Morgan fingerprint density at radius 3 is 2.12 bits per heavy atom. The van der Waals surface area contributed by atoms with Gasteiger partial charge in [0.1, 0.15) is 30.0 Å². The smallest absolute Gasteiger partial charge is 0.444 e. The van der Waals surface area contributed by atoms with Gasteiger partial charge in [-0.1, -0.05) is 26.0 Å². The number of nitrogens with zero attached hydrogens (tertiary/aromatic N) is 1. The molecule has 2 aromatic rings. The molecule has 234 valence electrons. The molecule has 0 aliphatic rings. The first-order valence-corrected chi connectivity index (χ1v) is 13.7. The van der Waals surface area contributed by atoms with Gasteiger partial charge < -0.3 is 35.9 Å². The van der Waals surface area contributed by atoms with E-state index in [1.807, 2.05) is 0 Å². The molecule has 0 bridgehead atoms. The second kappa shape index (κ2) is 16.1. The lowest BCUT2D eigenvalue weighted by Gasteiger charge is -2.27. The number of rotatable bonds is 13. The molecule has 2 atom stereocenters. The zero-order chi connectivity index (χ0) is 32.2. The minimum atomic E-state index is -0.995. The predicted octanol–water partition coefficient (Wildman–Crippen LogP) is 4.02. The predicted molar refractivity (Wildman–Crippen MR) is 157 cm³/mol. The number of anilines is 1. The van der Waals surface area contributed by atoms with Crippen molar-refractivity contribution in [3.05, 3.63) is 64.2 Å². The summed E-state index contributed by atoms with van der Waals surface area (Å²) in [4.78, 5) is 60.5. The van der Waals surface area contributed by atoms with Crippen molar-refractivity contribution in [1.82, 2.24) is 10.6 Å². The SMILES string of the molecule is CC(C)[C@H](NC(=O)OC(C)(C)C)C(=O)NC(CCCN)C(=O)Nc1ccc(COC(=O)Oc2ccc([N+](=O)[O-])cc2)cc1. The molecular formula is C29H39N5O9. The van der Waals surface area contributed by atoms with Crippen molar-refractivity contribution >= 4 is 35.4 Å². The monoisotopic (exact) mass is 601 g/mol. The van der Waals surface area contributed by atoms with E-state index in [1.165, 1.54) is 24.3 Å². The van der Waals surface area contributed by atoms with Crippen LogP contribution in [0.1, 0.15) is 53.0 Å². The molecule has 0 saturated carbocycles. The lowest BCUT2D eigenvalue weighted by atomic mass is 10.0. The summed E-state index contributed by atoms with van der Waals surface area (Å²) in [7, 11) is 0. The number of alkyl carbamates (subject to hydrolysis) is 1. The number of carbonyl (C=O) groups is 4. The Morgan fingerprint density at radius 2 is 1.58 bits per heavy atom. The van der Waals surface area contributed by atoms with Gasteiger partial charge in [0.25, 0.3) is 5.69 Å². The number of hydrogen-bond donors (Lipinski definition) is 4. The second-order valence-electron chi connectivity index (χ2n) is 10.9. The van der Waals surface area contributed by atoms with Crippen LogP contribution in [0.3, 0.4) is 0 Å². The summed E-state index contributed by atoms with van der Waals surface area (Å²) in [6, 6.07) is 9.55. The van der Waals surface area contributed by atoms with Crippen molar-refractivity contribution in [2.45, 2.75) is 71.8 Å². The third kappa shape index (κ3) is 12.4. The molecule has 0 spiro atoms. The topological polar surface area (TPSA) is 201 Å². The normalized spacial score (nSPS) is 12.4. The Labute approximate surface area is 249 Å². The van der Waals surface area contributed by atoms with Gasteiger partial charge in [-0.15, -0.1) is 0 Å². The summed E-state index contributed by atoms with van der Waals surface area (Å²) in [5.74, 6) is -1.21. The summed E-state index contributed by atoms with van der Waals surface area (Å²) in [6.07, 6.45) is -0.997. The highest BCUT2D eigenvalue weighted by Crippen LogP contribution is 2.18. The number of nitrogens with one attached hydrogen (secondary N) is 3. The number of carbonyl (C=O) groups excluding carboxylic acids is 4. The molecule has 5 N–H and O–H groups in total. The van der Waals surface area contributed by atoms with Crippen LogP contribution < -0.4 is 26.4 Å². The largest absolute Gasteiger partial charge is 0.514 e. The van der Waals surface area contributed by atoms with Crippen LogP contribution in [0.5, 0.6) is 5.75 Å². The molecule has 0 saturated heterocycles. The van der Waals surface area contributed by atoms with Crippen LogP contribution in [0.2, 0.25) is 0 Å². The van der Waals surface area contributed by atoms with Gasteiger partial charge in [-0.25, -0.2) is 9.59 Å². The van der Waals surface area contributed by atoms with E-state index >= 15 is 0 Å². The van der Waals surface area contributed by atoms with E-state index < -0.39 is 46.7 Å². The number of benzene rings is 2. The molecule has 0 aromatic heterocycles. The molecule has 0 aliphatic carbocycles. The summed E-state index contributed by atoms with van der Waals surface area (Å²) in [5, 5.41) is 18.7.